The van der Waals surface area contributed by atoms with Gasteiger partial charge in [-0.25, -0.2) is 12.7 Å². The zero-order valence-electron chi connectivity index (χ0n) is 8.51. The molecule has 0 aliphatic carbocycles. The number of rotatable bonds is 4. The molecule has 0 fully saturated rings. The molecule has 1 aromatic rings. The molecule has 5 nitrogen and oxygen atoms in total. The van der Waals surface area contributed by atoms with Crippen molar-refractivity contribution in [2.24, 2.45) is 0 Å². The molecule has 0 aliphatic heterocycles. The van der Waals surface area contributed by atoms with E-state index < -0.39 is 10.0 Å². The van der Waals surface area contributed by atoms with Crippen LogP contribution in [0.1, 0.15) is 0 Å². The first-order chi connectivity index (χ1) is 6.84. The van der Waals surface area contributed by atoms with E-state index in [-0.39, 0.29) is 4.90 Å². The summed E-state index contributed by atoms with van der Waals surface area (Å²) >= 11 is 3.18. The van der Waals surface area contributed by atoms with Gasteiger partial charge in [0.2, 0.25) is 10.0 Å². The van der Waals surface area contributed by atoms with E-state index in [2.05, 4.69) is 27.6 Å². The molecule has 0 unspecified atom stereocenters. The molecule has 0 aromatic carbocycles. The van der Waals surface area contributed by atoms with Crippen LogP contribution in [0.5, 0.6) is 0 Å². The van der Waals surface area contributed by atoms with E-state index in [4.69, 9.17) is 0 Å². The maximum absolute atomic E-state index is 11.7. The standard InChI is InChI=1S/C8H12BrN3O2S/c1-7(9)5-12-6-8(4-10-12)15(13,14)11(2)3/h4,6H,1,5H2,2-3H3. The maximum atomic E-state index is 11.7. The Kier molecular flexibility index (Phi) is 3.69. The van der Waals surface area contributed by atoms with Crippen molar-refractivity contribution in [3.05, 3.63) is 23.5 Å². The topological polar surface area (TPSA) is 55.2 Å². The van der Waals surface area contributed by atoms with Crippen LogP contribution in [0.3, 0.4) is 0 Å². The molecule has 0 amide bonds. The Morgan fingerprint density at radius 3 is 2.73 bits per heavy atom. The van der Waals surface area contributed by atoms with Gasteiger partial charge < -0.3 is 0 Å². The predicted octanol–water partition coefficient (Wildman–Crippen LogP) is 1.04. The van der Waals surface area contributed by atoms with Crippen molar-refractivity contribution in [3.63, 3.8) is 0 Å². The first-order valence-electron chi connectivity index (χ1n) is 4.12. The maximum Gasteiger partial charge on any atom is 0.245 e. The Labute approximate surface area is 97.6 Å². The molecular formula is C8H12BrN3O2S. The molecular weight excluding hydrogens is 282 g/mol. The summed E-state index contributed by atoms with van der Waals surface area (Å²) in [6.45, 7) is 4.10. The van der Waals surface area contributed by atoms with E-state index in [0.717, 1.165) is 8.79 Å². The van der Waals surface area contributed by atoms with Gasteiger partial charge in [-0.2, -0.15) is 5.10 Å². The van der Waals surface area contributed by atoms with Gasteiger partial charge in [0.05, 0.1) is 12.7 Å². The van der Waals surface area contributed by atoms with Gasteiger partial charge in [-0.05, 0) is 0 Å². The van der Waals surface area contributed by atoms with Gasteiger partial charge in [-0.1, -0.05) is 22.5 Å². The number of allylic oxidation sites excluding steroid dienone is 1. The first-order valence-corrected chi connectivity index (χ1v) is 6.35. The van der Waals surface area contributed by atoms with Crippen LogP contribution in [0.25, 0.3) is 0 Å². The minimum absolute atomic E-state index is 0.182. The summed E-state index contributed by atoms with van der Waals surface area (Å²) in [7, 11) is -0.422. The highest BCUT2D eigenvalue weighted by Gasteiger charge is 2.18. The molecule has 1 heterocycles. The smallest absolute Gasteiger partial charge is 0.245 e. The Balaban J connectivity index is 2.99. The van der Waals surface area contributed by atoms with Gasteiger partial charge in [-0.15, -0.1) is 0 Å². The number of halogens is 1. The highest BCUT2D eigenvalue weighted by Crippen LogP contribution is 2.13. The van der Waals surface area contributed by atoms with Crippen molar-refractivity contribution < 1.29 is 8.42 Å². The number of sulfonamides is 1. The van der Waals surface area contributed by atoms with Crippen molar-refractivity contribution in [1.29, 1.82) is 0 Å². The van der Waals surface area contributed by atoms with Gasteiger partial charge in [0, 0.05) is 24.8 Å². The van der Waals surface area contributed by atoms with Crippen molar-refractivity contribution in [1.82, 2.24) is 14.1 Å². The van der Waals surface area contributed by atoms with Crippen LogP contribution < -0.4 is 0 Å². The van der Waals surface area contributed by atoms with Crippen LogP contribution in [0.2, 0.25) is 0 Å². The largest absolute Gasteiger partial charge is 0.266 e. The average molecular weight is 294 g/mol. The van der Waals surface area contributed by atoms with Gasteiger partial charge in [-0.3, -0.25) is 4.68 Å². The van der Waals surface area contributed by atoms with Crippen LogP contribution in [-0.2, 0) is 16.6 Å². The number of nitrogens with zero attached hydrogens (tertiary/aromatic N) is 3. The quantitative estimate of drug-likeness (QED) is 0.834. The van der Waals surface area contributed by atoms with E-state index in [1.165, 1.54) is 31.2 Å². The van der Waals surface area contributed by atoms with Gasteiger partial charge in [0.1, 0.15) is 4.90 Å². The summed E-state index contributed by atoms with van der Waals surface area (Å²) in [4.78, 5) is 0.182. The lowest BCUT2D eigenvalue weighted by atomic mass is 10.6. The Hall–Kier alpha value is -0.660. The summed E-state index contributed by atoms with van der Waals surface area (Å²) in [5.41, 5.74) is 0. The monoisotopic (exact) mass is 293 g/mol. The fraction of sp³-hybridized carbons (Fsp3) is 0.375. The van der Waals surface area contributed by atoms with E-state index in [9.17, 15) is 8.42 Å². The fourth-order valence-electron chi connectivity index (χ4n) is 0.951. The molecule has 15 heavy (non-hydrogen) atoms. The summed E-state index contributed by atoms with van der Waals surface area (Å²) in [5.74, 6) is 0. The lowest BCUT2D eigenvalue weighted by Crippen LogP contribution is -2.21. The van der Waals surface area contributed by atoms with Crippen molar-refractivity contribution in [2.75, 3.05) is 14.1 Å². The molecule has 84 valence electrons. The molecule has 7 heteroatoms. The Morgan fingerprint density at radius 2 is 2.27 bits per heavy atom. The summed E-state index contributed by atoms with van der Waals surface area (Å²) in [6, 6.07) is 0. The molecule has 0 saturated carbocycles. The minimum atomic E-state index is -3.39. The highest BCUT2D eigenvalue weighted by molar-refractivity contribution is 9.11. The first kappa shape index (κ1) is 12.4. The molecule has 0 saturated heterocycles. The second kappa shape index (κ2) is 4.46. The van der Waals surface area contributed by atoms with Crippen molar-refractivity contribution in [3.8, 4) is 0 Å². The molecule has 0 bridgehead atoms. The minimum Gasteiger partial charge on any atom is -0.266 e. The van der Waals surface area contributed by atoms with Crippen LogP contribution >= 0.6 is 15.9 Å². The SMILES string of the molecule is C=C(Br)Cn1cc(S(=O)(=O)N(C)C)cn1. The van der Waals surface area contributed by atoms with Crippen molar-refractivity contribution >= 4 is 26.0 Å². The molecule has 0 N–H and O–H groups in total. The molecule has 0 spiro atoms. The fourth-order valence-corrected chi connectivity index (χ4v) is 2.06. The second-order valence-corrected chi connectivity index (χ2v) is 6.45. The third kappa shape index (κ3) is 2.90. The van der Waals surface area contributed by atoms with Gasteiger partial charge >= 0.3 is 0 Å². The molecule has 1 aromatic heterocycles. The lowest BCUT2D eigenvalue weighted by molar-refractivity contribution is 0.520. The van der Waals surface area contributed by atoms with Crippen LogP contribution in [0.15, 0.2) is 28.4 Å². The molecule has 0 atom stereocenters. The van der Waals surface area contributed by atoms with E-state index in [1.807, 2.05) is 0 Å². The molecule has 0 radical (unpaired) electrons. The average Bonchev–Trinajstić information content (AvgIpc) is 2.51. The van der Waals surface area contributed by atoms with Crippen LogP contribution in [0.4, 0.5) is 0 Å². The third-order valence-electron chi connectivity index (χ3n) is 1.72. The zero-order chi connectivity index (χ0) is 11.6. The zero-order valence-corrected chi connectivity index (χ0v) is 10.9. The van der Waals surface area contributed by atoms with E-state index in [0.29, 0.717) is 6.54 Å². The normalized spacial score (nSPS) is 12.0. The number of hydrogen-bond acceptors (Lipinski definition) is 3. The van der Waals surface area contributed by atoms with Gasteiger partial charge in [0.15, 0.2) is 0 Å². The molecule has 0 aliphatic rings. The number of hydrogen-bond donors (Lipinski definition) is 0. The lowest BCUT2D eigenvalue weighted by Gasteiger charge is -2.08. The predicted molar refractivity (Wildman–Crippen MR) is 61.2 cm³/mol. The summed E-state index contributed by atoms with van der Waals surface area (Å²) < 4.78 is 26.7. The summed E-state index contributed by atoms with van der Waals surface area (Å²) in [5, 5.41) is 3.93. The van der Waals surface area contributed by atoms with Crippen LogP contribution in [-0.4, -0.2) is 36.6 Å². The van der Waals surface area contributed by atoms with E-state index in [1.54, 1.807) is 0 Å². The molecule has 1 rings (SSSR count). The van der Waals surface area contributed by atoms with Crippen molar-refractivity contribution in [2.45, 2.75) is 11.4 Å². The van der Waals surface area contributed by atoms with E-state index >= 15 is 0 Å². The third-order valence-corrected chi connectivity index (χ3v) is 3.74. The Morgan fingerprint density at radius 1 is 1.67 bits per heavy atom. The van der Waals surface area contributed by atoms with Gasteiger partial charge in [0.25, 0.3) is 0 Å². The second-order valence-electron chi connectivity index (χ2n) is 3.18. The van der Waals surface area contributed by atoms with Crippen LogP contribution in [0, 0.1) is 0 Å². The highest BCUT2D eigenvalue weighted by atomic mass is 79.9. The Bertz CT molecular complexity index is 464. The summed E-state index contributed by atoms with van der Waals surface area (Å²) in [6.07, 6.45) is 2.80. The number of aromatic nitrogens is 2.